The lowest BCUT2D eigenvalue weighted by Crippen LogP contribution is -2.19. The third-order valence-electron chi connectivity index (χ3n) is 1.76. The lowest BCUT2D eigenvalue weighted by atomic mass is 9.95. The first-order valence-electron chi connectivity index (χ1n) is 4.23. The maximum Gasteiger partial charge on any atom is 0.0357 e. The number of hydrogen-bond acceptors (Lipinski definition) is 1. The summed E-state index contributed by atoms with van der Waals surface area (Å²) in [6.45, 7) is 9.73. The highest BCUT2D eigenvalue weighted by Crippen LogP contribution is 2.19. The third kappa shape index (κ3) is 4.77. The number of halogens is 1. The Balaban J connectivity index is 4.00. The first-order valence-corrected chi connectivity index (χ1v) is 5.48. The van der Waals surface area contributed by atoms with Gasteiger partial charge in [-0.2, -0.15) is 0 Å². The van der Waals surface area contributed by atoms with Crippen LogP contribution in [0.2, 0.25) is 0 Å². The molecule has 0 N–H and O–H groups in total. The predicted molar refractivity (Wildman–Crippen MR) is 60.8 cm³/mol. The first-order chi connectivity index (χ1) is 5.09. The molecular weight excluding hydrogens is 249 g/mol. The van der Waals surface area contributed by atoms with Gasteiger partial charge in [0.15, 0.2) is 0 Å². The van der Waals surface area contributed by atoms with Gasteiger partial charge in [-0.25, -0.2) is 0 Å². The Morgan fingerprint density at radius 3 is 2.18 bits per heavy atom. The molecule has 0 unspecified atom stereocenters. The molecule has 0 spiro atoms. The maximum atomic E-state index is 4.28. The van der Waals surface area contributed by atoms with Crippen molar-refractivity contribution in [2.45, 2.75) is 31.6 Å². The van der Waals surface area contributed by atoms with Gasteiger partial charge in [0.05, 0.1) is 0 Å². The van der Waals surface area contributed by atoms with E-state index in [0.717, 1.165) is 6.54 Å². The van der Waals surface area contributed by atoms with E-state index in [-0.39, 0.29) is 0 Å². The molecule has 0 aromatic carbocycles. The van der Waals surface area contributed by atoms with Crippen LogP contribution in [0.1, 0.15) is 27.7 Å². The molecule has 0 radical (unpaired) electrons. The van der Waals surface area contributed by atoms with Gasteiger partial charge in [0, 0.05) is 22.6 Å². The van der Waals surface area contributed by atoms with Gasteiger partial charge in [0.1, 0.15) is 0 Å². The molecule has 0 aliphatic heterocycles. The quantitative estimate of drug-likeness (QED) is 0.421. The van der Waals surface area contributed by atoms with Crippen LogP contribution in [0.25, 0.3) is 0 Å². The molecule has 0 saturated carbocycles. The molecule has 2 heteroatoms. The van der Waals surface area contributed by atoms with E-state index in [1.54, 1.807) is 0 Å². The molecule has 2 atom stereocenters. The van der Waals surface area contributed by atoms with Gasteiger partial charge in [-0.05, 0) is 12.8 Å². The molecule has 0 aliphatic carbocycles. The minimum atomic E-state index is 0.635. The lowest BCUT2D eigenvalue weighted by Gasteiger charge is -2.18. The zero-order valence-corrected chi connectivity index (χ0v) is 10.00. The Morgan fingerprint density at radius 1 is 1.36 bits per heavy atom. The number of aliphatic imine (C=N–C) groups is 1. The van der Waals surface area contributed by atoms with E-state index >= 15 is 0 Å². The number of nitrogens with zero attached hydrogens (tertiary/aromatic N) is 1. The topological polar surface area (TPSA) is 12.4 Å². The van der Waals surface area contributed by atoms with E-state index in [1.807, 2.05) is 0 Å². The number of alkyl halides is 1. The molecule has 1 nitrogen and oxygen atoms in total. The van der Waals surface area contributed by atoms with Crippen LogP contribution in [0.5, 0.6) is 0 Å². The summed E-state index contributed by atoms with van der Waals surface area (Å²) in [5.41, 5.74) is 0. The van der Waals surface area contributed by atoms with E-state index in [2.05, 4.69) is 61.5 Å². The van der Waals surface area contributed by atoms with Gasteiger partial charge >= 0.3 is 0 Å². The number of hydrogen-bond donors (Lipinski definition) is 0. The van der Waals surface area contributed by atoms with Crippen LogP contribution in [0.3, 0.4) is 0 Å². The third-order valence-corrected chi connectivity index (χ3v) is 2.59. The van der Waals surface area contributed by atoms with Crippen molar-refractivity contribution in [1.82, 2.24) is 0 Å². The molecule has 11 heavy (non-hydrogen) atoms. The highest BCUT2D eigenvalue weighted by Gasteiger charge is 2.15. The van der Waals surface area contributed by atoms with Crippen LogP contribution in [-0.2, 0) is 0 Å². The Hall–Kier alpha value is 0.400. The van der Waals surface area contributed by atoms with Gasteiger partial charge in [-0.1, -0.05) is 43.4 Å². The van der Waals surface area contributed by atoms with Crippen molar-refractivity contribution in [2.75, 3.05) is 6.54 Å². The molecule has 0 heterocycles. The summed E-state index contributed by atoms with van der Waals surface area (Å²) in [5.74, 6) is 1.34. The first kappa shape index (κ1) is 11.4. The second-order valence-electron chi connectivity index (χ2n) is 3.15. The largest absolute Gasteiger partial charge is 0.297 e. The summed E-state index contributed by atoms with van der Waals surface area (Å²) < 4.78 is 0.683. The number of rotatable bonds is 4. The Labute approximate surface area is 83.8 Å². The lowest BCUT2D eigenvalue weighted by molar-refractivity contribution is 0.507. The Morgan fingerprint density at radius 2 is 1.91 bits per heavy atom. The van der Waals surface area contributed by atoms with Crippen LogP contribution in [0.4, 0.5) is 0 Å². The van der Waals surface area contributed by atoms with Crippen molar-refractivity contribution in [1.29, 1.82) is 0 Å². The van der Waals surface area contributed by atoms with Crippen molar-refractivity contribution < 1.29 is 0 Å². The predicted octanol–water partition coefficient (Wildman–Crippen LogP) is 3.17. The minimum absolute atomic E-state index is 0.635. The summed E-state index contributed by atoms with van der Waals surface area (Å²) in [6, 6.07) is 0. The second-order valence-corrected chi connectivity index (χ2v) is 5.11. The fourth-order valence-electron chi connectivity index (χ4n) is 1.05. The van der Waals surface area contributed by atoms with Crippen molar-refractivity contribution >= 4 is 28.8 Å². The highest BCUT2D eigenvalue weighted by atomic mass is 127. The molecule has 0 aromatic rings. The normalized spacial score (nSPS) is 17.6. The van der Waals surface area contributed by atoms with Crippen molar-refractivity contribution in [3.63, 3.8) is 0 Å². The van der Waals surface area contributed by atoms with Gasteiger partial charge in [-0.15, -0.1) is 0 Å². The summed E-state index contributed by atoms with van der Waals surface area (Å²) in [7, 11) is 0. The summed E-state index contributed by atoms with van der Waals surface area (Å²) >= 11 is 2.47. The van der Waals surface area contributed by atoms with E-state index in [9.17, 15) is 0 Å². The van der Waals surface area contributed by atoms with Crippen molar-refractivity contribution in [3.05, 3.63) is 0 Å². The van der Waals surface area contributed by atoms with Gasteiger partial charge < -0.3 is 0 Å². The van der Waals surface area contributed by atoms with Crippen molar-refractivity contribution in [3.8, 4) is 0 Å². The van der Waals surface area contributed by atoms with Crippen LogP contribution >= 0.6 is 22.6 Å². The van der Waals surface area contributed by atoms with Gasteiger partial charge in [0.2, 0.25) is 0 Å². The SMILES string of the molecule is CCN=C[C@H](C(C)C)[C@H](C)I. The second kappa shape index (κ2) is 5.98. The van der Waals surface area contributed by atoms with E-state index < -0.39 is 0 Å². The molecule has 0 saturated heterocycles. The molecule has 0 bridgehead atoms. The van der Waals surface area contributed by atoms with E-state index in [1.165, 1.54) is 0 Å². The minimum Gasteiger partial charge on any atom is -0.297 e. The summed E-state index contributed by atoms with van der Waals surface area (Å²) in [4.78, 5) is 4.28. The monoisotopic (exact) mass is 267 g/mol. The Bertz CT molecular complexity index is 111. The summed E-state index contributed by atoms with van der Waals surface area (Å²) in [5, 5.41) is 0. The average Bonchev–Trinajstić information content (AvgIpc) is 1.87. The zero-order valence-electron chi connectivity index (χ0n) is 7.84. The molecule has 0 amide bonds. The van der Waals surface area contributed by atoms with Crippen LogP contribution < -0.4 is 0 Å². The molecule has 0 aliphatic rings. The van der Waals surface area contributed by atoms with Gasteiger partial charge in [0.25, 0.3) is 0 Å². The molecular formula is C9H18IN. The van der Waals surface area contributed by atoms with E-state index in [0.29, 0.717) is 15.8 Å². The molecule has 0 rings (SSSR count). The van der Waals surface area contributed by atoms with Gasteiger partial charge in [-0.3, -0.25) is 4.99 Å². The standard InChI is InChI=1S/C9H18IN/c1-5-11-6-9(7(2)3)8(4)10/h6-9H,5H2,1-4H3/t8-,9+/m0/s1. The smallest absolute Gasteiger partial charge is 0.0357 e. The van der Waals surface area contributed by atoms with Crippen molar-refractivity contribution in [2.24, 2.45) is 16.8 Å². The average molecular weight is 267 g/mol. The van der Waals surface area contributed by atoms with Crippen LogP contribution in [0, 0.1) is 11.8 Å². The van der Waals surface area contributed by atoms with E-state index in [4.69, 9.17) is 0 Å². The maximum absolute atomic E-state index is 4.28. The summed E-state index contributed by atoms with van der Waals surface area (Å²) in [6.07, 6.45) is 2.11. The van der Waals surface area contributed by atoms with Crippen LogP contribution in [-0.4, -0.2) is 16.7 Å². The van der Waals surface area contributed by atoms with Crippen LogP contribution in [0.15, 0.2) is 4.99 Å². The molecule has 0 aromatic heterocycles. The Kier molecular flexibility index (Phi) is 6.19. The molecule has 66 valence electrons. The molecule has 0 fully saturated rings. The zero-order chi connectivity index (χ0) is 8.85. The highest BCUT2D eigenvalue weighted by molar-refractivity contribution is 14.1. The fraction of sp³-hybridized carbons (Fsp3) is 0.889. The fourth-order valence-corrected chi connectivity index (χ4v) is 2.06.